The van der Waals surface area contributed by atoms with Gasteiger partial charge in [-0.15, -0.1) is 22.7 Å². The average molecular weight is 379 g/mol. The van der Waals surface area contributed by atoms with E-state index in [1.807, 2.05) is 0 Å². The lowest BCUT2D eigenvalue weighted by atomic mass is 10.1. The van der Waals surface area contributed by atoms with Crippen LogP contribution < -0.4 is 11.1 Å². The van der Waals surface area contributed by atoms with Crippen molar-refractivity contribution in [2.75, 3.05) is 5.32 Å². The van der Waals surface area contributed by atoms with E-state index >= 15 is 0 Å². The Balaban J connectivity index is 1.65. The summed E-state index contributed by atoms with van der Waals surface area (Å²) in [6.45, 7) is 2.86. The van der Waals surface area contributed by atoms with Gasteiger partial charge in [-0.3, -0.25) is 0 Å². The molecule has 0 saturated heterocycles. The molecule has 3 heterocycles. The molecule has 3 N–H and O–H groups in total. The van der Waals surface area contributed by atoms with Crippen LogP contribution in [-0.4, -0.2) is 16.0 Å². The van der Waals surface area contributed by atoms with E-state index in [1.54, 1.807) is 22.7 Å². The zero-order valence-corrected chi connectivity index (χ0v) is 15.8. The molecule has 0 aliphatic heterocycles. The van der Waals surface area contributed by atoms with Gasteiger partial charge in [-0.2, -0.15) is 4.98 Å². The molecule has 0 spiro atoms. The number of fused-ring (bicyclic) bond motifs is 1. The van der Waals surface area contributed by atoms with Gasteiger partial charge in [0.1, 0.15) is 5.82 Å². The van der Waals surface area contributed by atoms with Gasteiger partial charge in [0.05, 0.1) is 16.8 Å². The number of anilines is 1. The van der Waals surface area contributed by atoms with E-state index in [2.05, 4.69) is 39.7 Å². The van der Waals surface area contributed by atoms with Crippen LogP contribution in [0.1, 0.15) is 28.2 Å². The van der Waals surface area contributed by atoms with E-state index in [1.165, 1.54) is 28.2 Å². The smallest absolute Gasteiger partial charge is 0.224 e. The molecule has 1 atom stereocenters. The number of hydrogen-bond donors (Lipinski definition) is 2. The summed E-state index contributed by atoms with van der Waals surface area (Å²) < 4.78 is 1.08. The third kappa shape index (κ3) is 3.28. The lowest BCUT2D eigenvalue weighted by molar-refractivity contribution is 0.595. The Labute approximate surface area is 154 Å². The van der Waals surface area contributed by atoms with Crippen LogP contribution >= 0.6 is 34.3 Å². The minimum absolute atomic E-state index is 0.253. The van der Waals surface area contributed by atoms with Gasteiger partial charge >= 0.3 is 0 Å². The molecule has 1 fully saturated rings. The summed E-state index contributed by atoms with van der Waals surface area (Å²) in [6, 6.07) is 4.41. The standard InChI is InChI=1S/C17H19ClN4S2/c1-9-13(7-12(19)10-4-5-10)24-15-14(9)21-17(18)22-16(15)20-8-11-3-2-6-23-11/h2-3,6,10,12H,4-5,7-8,19H2,1H3,(H,20,21,22)/t12-/m1/s1. The largest absolute Gasteiger partial charge is 0.364 e. The van der Waals surface area contributed by atoms with E-state index in [4.69, 9.17) is 17.3 Å². The van der Waals surface area contributed by atoms with Crippen molar-refractivity contribution in [1.82, 2.24) is 9.97 Å². The Hall–Kier alpha value is -1.21. The predicted molar refractivity (Wildman–Crippen MR) is 103 cm³/mol. The molecule has 0 amide bonds. The summed E-state index contributed by atoms with van der Waals surface area (Å²) in [4.78, 5) is 11.4. The van der Waals surface area contributed by atoms with Crippen LogP contribution in [0.25, 0.3) is 10.2 Å². The molecule has 4 rings (SSSR count). The summed E-state index contributed by atoms with van der Waals surface area (Å²) in [7, 11) is 0. The normalized spacial score (nSPS) is 15.8. The fourth-order valence-corrected chi connectivity index (χ4v) is 5.00. The molecule has 24 heavy (non-hydrogen) atoms. The highest BCUT2D eigenvalue weighted by Gasteiger charge is 2.29. The second-order valence-electron chi connectivity index (χ2n) is 6.31. The van der Waals surface area contributed by atoms with Gasteiger partial charge in [-0.1, -0.05) is 6.07 Å². The first-order valence-corrected chi connectivity index (χ1v) is 10.2. The number of halogens is 1. The minimum Gasteiger partial charge on any atom is -0.364 e. The van der Waals surface area contributed by atoms with Crippen molar-refractivity contribution in [1.29, 1.82) is 0 Å². The highest BCUT2D eigenvalue weighted by atomic mass is 35.5. The van der Waals surface area contributed by atoms with Gasteiger partial charge in [0.2, 0.25) is 5.28 Å². The van der Waals surface area contributed by atoms with Crippen LogP contribution in [0, 0.1) is 12.8 Å². The maximum absolute atomic E-state index is 6.32. The Morgan fingerprint density at radius 3 is 2.96 bits per heavy atom. The molecule has 126 valence electrons. The Bertz CT molecular complexity index is 855. The highest BCUT2D eigenvalue weighted by molar-refractivity contribution is 7.19. The van der Waals surface area contributed by atoms with Crippen LogP contribution in [0.15, 0.2) is 17.5 Å². The van der Waals surface area contributed by atoms with Crippen molar-refractivity contribution < 1.29 is 0 Å². The van der Waals surface area contributed by atoms with Crippen molar-refractivity contribution in [2.24, 2.45) is 11.7 Å². The molecule has 1 aliphatic rings. The number of aromatic nitrogens is 2. The second-order valence-corrected chi connectivity index (χ2v) is 8.78. The molecule has 0 unspecified atom stereocenters. The number of thiophene rings is 2. The number of nitrogens with one attached hydrogen (secondary N) is 1. The van der Waals surface area contributed by atoms with Gasteiger partial charge in [-0.05, 0) is 60.7 Å². The molecule has 0 radical (unpaired) electrons. The van der Waals surface area contributed by atoms with Crippen LogP contribution in [0.2, 0.25) is 5.28 Å². The SMILES string of the molecule is Cc1c(C[C@@H](N)C2CC2)sc2c(NCc3cccs3)nc(Cl)nc12. The van der Waals surface area contributed by atoms with Gasteiger partial charge in [0.15, 0.2) is 0 Å². The van der Waals surface area contributed by atoms with Crippen LogP contribution in [0.4, 0.5) is 5.82 Å². The molecule has 3 aromatic heterocycles. The maximum atomic E-state index is 6.32. The molecule has 3 aromatic rings. The van der Waals surface area contributed by atoms with E-state index in [0.29, 0.717) is 5.92 Å². The molecular formula is C17H19ClN4S2. The quantitative estimate of drug-likeness (QED) is 0.615. The molecular weight excluding hydrogens is 360 g/mol. The second kappa shape index (κ2) is 6.59. The summed E-state index contributed by atoms with van der Waals surface area (Å²) >= 11 is 9.63. The van der Waals surface area contributed by atoms with Crippen LogP contribution in [-0.2, 0) is 13.0 Å². The van der Waals surface area contributed by atoms with Crippen molar-refractivity contribution >= 4 is 50.3 Å². The third-order valence-electron chi connectivity index (χ3n) is 4.50. The van der Waals surface area contributed by atoms with Crippen molar-refractivity contribution in [3.8, 4) is 0 Å². The number of nitrogens with two attached hydrogens (primary N) is 1. The minimum atomic E-state index is 0.253. The van der Waals surface area contributed by atoms with Crippen LogP contribution in [0.5, 0.6) is 0 Å². The molecule has 1 saturated carbocycles. The fraction of sp³-hybridized carbons (Fsp3) is 0.412. The lowest BCUT2D eigenvalue weighted by Gasteiger charge is -2.08. The van der Waals surface area contributed by atoms with Gasteiger partial charge in [0.25, 0.3) is 0 Å². The monoisotopic (exact) mass is 378 g/mol. The van der Waals surface area contributed by atoms with Crippen molar-refractivity contribution in [3.05, 3.63) is 38.1 Å². The third-order valence-corrected chi connectivity index (χ3v) is 6.85. The lowest BCUT2D eigenvalue weighted by Crippen LogP contribution is -2.24. The number of rotatable bonds is 6. The first kappa shape index (κ1) is 16.3. The van der Waals surface area contributed by atoms with Crippen molar-refractivity contribution in [2.45, 2.75) is 38.8 Å². The zero-order valence-electron chi connectivity index (χ0n) is 13.4. The predicted octanol–water partition coefficient (Wildman–Crippen LogP) is 4.61. The topological polar surface area (TPSA) is 63.8 Å². The summed E-state index contributed by atoms with van der Waals surface area (Å²) in [5.41, 5.74) is 8.46. The molecule has 0 aromatic carbocycles. The molecule has 1 aliphatic carbocycles. The number of aryl methyl sites for hydroxylation is 1. The van der Waals surface area contributed by atoms with Gasteiger partial charge < -0.3 is 11.1 Å². The van der Waals surface area contributed by atoms with E-state index in [0.717, 1.165) is 29.0 Å². The summed E-state index contributed by atoms with van der Waals surface area (Å²) in [5.74, 6) is 1.51. The first-order chi connectivity index (χ1) is 11.6. The molecule has 0 bridgehead atoms. The van der Waals surface area contributed by atoms with E-state index in [-0.39, 0.29) is 11.3 Å². The first-order valence-electron chi connectivity index (χ1n) is 8.09. The van der Waals surface area contributed by atoms with Crippen LogP contribution in [0.3, 0.4) is 0 Å². The maximum Gasteiger partial charge on any atom is 0.224 e. The van der Waals surface area contributed by atoms with E-state index in [9.17, 15) is 0 Å². The number of hydrogen-bond acceptors (Lipinski definition) is 6. The Morgan fingerprint density at radius 1 is 1.42 bits per heavy atom. The van der Waals surface area contributed by atoms with Gasteiger partial charge in [0, 0.05) is 15.8 Å². The zero-order chi connectivity index (χ0) is 16.7. The molecule has 4 nitrogen and oxygen atoms in total. The average Bonchev–Trinajstić information content (AvgIpc) is 3.21. The summed E-state index contributed by atoms with van der Waals surface area (Å²) in [6.07, 6.45) is 3.45. The van der Waals surface area contributed by atoms with E-state index < -0.39 is 0 Å². The van der Waals surface area contributed by atoms with Crippen molar-refractivity contribution in [3.63, 3.8) is 0 Å². The molecule has 7 heteroatoms. The Kier molecular flexibility index (Phi) is 4.47. The van der Waals surface area contributed by atoms with Gasteiger partial charge in [-0.25, -0.2) is 4.98 Å². The Morgan fingerprint density at radius 2 is 2.25 bits per heavy atom. The highest BCUT2D eigenvalue weighted by Crippen LogP contribution is 2.38. The fourth-order valence-electron chi connectivity index (χ4n) is 2.91. The summed E-state index contributed by atoms with van der Waals surface area (Å²) in [5, 5.41) is 5.78. The number of nitrogens with zero attached hydrogens (tertiary/aromatic N) is 2.